The second kappa shape index (κ2) is 5.12. The van der Waals surface area contributed by atoms with Crippen LogP contribution in [-0.2, 0) is 10.0 Å². The highest BCUT2D eigenvalue weighted by Crippen LogP contribution is 2.23. The molecule has 0 heterocycles. The fraction of sp³-hybridized carbons (Fsp3) is 1.00. The SMILES string of the molecule is CCS(=O)(=O)NC1CCCCCC1C. The van der Waals surface area contributed by atoms with E-state index >= 15 is 0 Å². The van der Waals surface area contributed by atoms with E-state index in [1.165, 1.54) is 12.8 Å². The molecule has 0 aromatic heterocycles. The van der Waals surface area contributed by atoms with Crippen molar-refractivity contribution in [1.82, 2.24) is 4.72 Å². The van der Waals surface area contributed by atoms with Gasteiger partial charge in [-0.3, -0.25) is 0 Å². The van der Waals surface area contributed by atoms with Crippen molar-refractivity contribution >= 4 is 10.0 Å². The Morgan fingerprint density at radius 2 is 1.86 bits per heavy atom. The summed E-state index contributed by atoms with van der Waals surface area (Å²) in [7, 11) is -3.02. The minimum atomic E-state index is -3.02. The first-order valence-electron chi connectivity index (χ1n) is 5.55. The molecule has 0 aromatic carbocycles. The lowest BCUT2D eigenvalue weighted by atomic mass is 9.98. The summed E-state index contributed by atoms with van der Waals surface area (Å²) in [5.41, 5.74) is 0. The maximum atomic E-state index is 11.4. The third-order valence-electron chi connectivity index (χ3n) is 3.07. The quantitative estimate of drug-likeness (QED) is 0.737. The van der Waals surface area contributed by atoms with E-state index in [9.17, 15) is 8.42 Å². The summed E-state index contributed by atoms with van der Waals surface area (Å²) in [5.74, 6) is 0.676. The monoisotopic (exact) mass is 219 g/mol. The zero-order valence-electron chi connectivity index (χ0n) is 9.12. The molecule has 1 fully saturated rings. The highest BCUT2D eigenvalue weighted by atomic mass is 32.2. The Hall–Kier alpha value is -0.0900. The Balaban J connectivity index is 2.57. The number of hydrogen-bond donors (Lipinski definition) is 1. The third kappa shape index (κ3) is 3.58. The fourth-order valence-electron chi connectivity index (χ4n) is 1.98. The average Bonchev–Trinajstić information content (AvgIpc) is 2.32. The summed E-state index contributed by atoms with van der Waals surface area (Å²) < 4.78 is 25.6. The molecule has 0 spiro atoms. The lowest BCUT2D eigenvalue weighted by Gasteiger charge is -2.22. The highest BCUT2D eigenvalue weighted by molar-refractivity contribution is 7.89. The van der Waals surface area contributed by atoms with Crippen molar-refractivity contribution in [2.24, 2.45) is 5.92 Å². The predicted molar refractivity (Wildman–Crippen MR) is 58.6 cm³/mol. The van der Waals surface area contributed by atoms with Gasteiger partial charge in [-0.15, -0.1) is 0 Å². The predicted octanol–water partition coefficient (Wildman–Crippen LogP) is 1.89. The van der Waals surface area contributed by atoms with E-state index in [-0.39, 0.29) is 11.8 Å². The number of nitrogens with one attached hydrogen (secondary N) is 1. The summed E-state index contributed by atoms with van der Waals surface area (Å²) in [6, 6.07) is 0.169. The van der Waals surface area contributed by atoms with Gasteiger partial charge in [0.05, 0.1) is 5.75 Å². The van der Waals surface area contributed by atoms with Crippen LogP contribution in [0.4, 0.5) is 0 Å². The number of sulfonamides is 1. The summed E-state index contributed by atoms with van der Waals surface area (Å²) in [5, 5.41) is 0. The lowest BCUT2D eigenvalue weighted by molar-refractivity contribution is 0.399. The molecule has 1 rings (SSSR count). The molecule has 0 aliphatic heterocycles. The van der Waals surface area contributed by atoms with Crippen molar-refractivity contribution < 1.29 is 8.42 Å². The van der Waals surface area contributed by atoms with Gasteiger partial charge in [0.15, 0.2) is 0 Å². The van der Waals surface area contributed by atoms with Crippen LogP contribution in [0.3, 0.4) is 0 Å². The molecule has 1 saturated carbocycles. The van der Waals surface area contributed by atoms with Crippen molar-refractivity contribution in [3.05, 3.63) is 0 Å². The summed E-state index contributed by atoms with van der Waals surface area (Å²) in [6.45, 7) is 3.83. The van der Waals surface area contributed by atoms with E-state index in [1.807, 2.05) is 0 Å². The van der Waals surface area contributed by atoms with Gasteiger partial charge in [0, 0.05) is 6.04 Å². The largest absolute Gasteiger partial charge is 0.212 e. The van der Waals surface area contributed by atoms with Crippen LogP contribution in [0.15, 0.2) is 0 Å². The number of hydrogen-bond acceptors (Lipinski definition) is 2. The molecule has 0 amide bonds. The van der Waals surface area contributed by atoms with Crippen molar-refractivity contribution in [3.8, 4) is 0 Å². The molecule has 0 bridgehead atoms. The van der Waals surface area contributed by atoms with Crippen LogP contribution in [0.1, 0.15) is 46.0 Å². The van der Waals surface area contributed by atoms with Crippen molar-refractivity contribution in [2.75, 3.05) is 5.75 Å². The Kier molecular flexibility index (Phi) is 4.38. The van der Waals surface area contributed by atoms with Gasteiger partial charge in [0.2, 0.25) is 10.0 Å². The van der Waals surface area contributed by atoms with E-state index in [2.05, 4.69) is 11.6 Å². The zero-order valence-corrected chi connectivity index (χ0v) is 9.94. The first-order valence-corrected chi connectivity index (χ1v) is 7.20. The van der Waals surface area contributed by atoms with Gasteiger partial charge >= 0.3 is 0 Å². The van der Waals surface area contributed by atoms with Crippen LogP contribution in [0.2, 0.25) is 0 Å². The molecule has 1 aliphatic carbocycles. The van der Waals surface area contributed by atoms with Gasteiger partial charge in [-0.05, 0) is 25.7 Å². The fourth-order valence-corrected chi connectivity index (χ4v) is 2.96. The molecule has 0 saturated heterocycles. The first kappa shape index (κ1) is 12.0. The minimum absolute atomic E-state index is 0.169. The molecule has 3 nitrogen and oxygen atoms in total. The minimum Gasteiger partial charge on any atom is -0.212 e. The summed E-state index contributed by atoms with van der Waals surface area (Å²) in [4.78, 5) is 0. The van der Waals surface area contributed by atoms with Crippen molar-refractivity contribution in [3.63, 3.8) is 0 Å². The summed E-state index contributed by atoms with van der Waals surface area (Å²) in [6.07, 6.45) is 5.79. The number of rotatable bonds is 3. The zero-order chi connectivity index (χ0) is 10.6. The van der Waals surface area contributed by atoms with Gasteiger partial charge < -0.3 is 0 Å². The smallest absolute Gasteiger partial charge is 0.211 e. The Morgan fingerprint density at radius 3 is 2.50 bits per heavy atom. The van der Waals surface area contributed by atoms with Gasteiger partial charge in [-0.25, -0.2) is 13.1 Å². The van der Waals surface area contributed by atoms with E-state index in [1.54, 1.807) is 6.92 Å². The molecule has 2 unspecified atom stereocenters. The highest BCUT2D eigenvalue weighted by Gasteiger charge is 2.23. The maximum Gasteiger partial charge on any atom is 0.211 e. The van der Waals surface area contributed by atoms with Crippen LogP contribution in [0, 0.1) is 5.92 Å². The van der Waals surface area contributed by atoms with Gasteiger partial charge in [0.25, 0.3) is 0 Å². The molecule has 1 N–H and O–H groups in total. The third-order valence-corrected chi connectivity index (χ3v) is 4.49. The standard InChI is InChI=1S/C10H21NO2S/c1-3-14(12,13)11-10-8-6-4-5-7-9(10)2/h9-11H,3-8H2,1-2H3. The molecule has 84 valence electrons. The van der Waals surface area contributed by atoms with E-state index in [0.29, 0.717) is 5.92 Å². The van der Waals surface area contributed by atoms with Crippen LogP contribution in [-0.4, -0.2) is 20.2 Å². The molecular weight excluding hydrogens is 198 g/mol. The van der Waals surface area contributed by atoms with E-state index in [0.717, 1.165) is 19.3 Å². The van der Waals surface area contributed by atoms with Crippen molar-refractivity contribution in [2.45, 2.75) is 52.0 Å². The second-order valence-electron chi connectivity index (χ2n) is 4.24. The normalized spacial score (nSPS) is 29.9. The van der Waals surface area contributed by atoms with Gasteiger partial charge in [0.1, 0.15) is 0 Å². The topological polar surface area (TPSA) is 46.2 Å². The Labute approximate surface area is 87.3 Å². The molecule has 1 aliphatic rings. The first-order chi connectivity index (χ1) is 6.55. The van der Waals surface area contributed by atoms with Gasteiger partial charge in [-0.1, -0.05) is 26.2 Å². The Bertz CT molecular complexity index is 261. The van der Waals surface area contributed by atoms with Crippen LogP contribution >= 0.6 is 0 Å². The maximum absolute atomic E-state index is 11.4. The molecule has 4 heteroatoms. The Morgan fingerprint density at radius 1 is 1.21 bits per heavy atom. The summed E-state index contributed by atoms with van der Waals surface area (Å²) >= 11 is 0. The van der Waals surface area contributed by atoms with Crippen LogP contribution in [0.25, 0.3) is 0 Å². The lowest BCUT2D eigenvalue weighted by Crippen LogP contribution is -2.39. The van der Waals surface area contributed by atoms with Crippen LogP contribution < -0.4 is 4.72 Å². The molecule has 14 heavy (non-hydrogen) atoms. The van der Waals surface area contributed by atoms with E-state index < -0.39 is 10.0 Å². The molecule has 0 radical (unpaired) electrons. The van der Waals surface area contributed by atoms with E-state index in [4.69, 9.17) is 0 Å². The average molecular weight is 219 g/mol. The van der Waals surface area contributed by atoms with Gasteiger partial charge in [-0.2, -0.15) is 0 Å². The molecule has 0 aromatic rings. The van der Waals surface area contributed by atoms with Crippen molar-refractivity contribution in [1.29, 1.82) is 0 Å². The molecule has 2 atom stereocenters. The second-order valence-corrected chi connectivity index (χ2v) is 6.29. The molecular formula is C10H21NO2S. The van der Waals surface area contributed by atoms with Crippen LogP contribution in [0.5, 0.6) is 0 Å².